The van der Waals surface area contributed by atoms with Gasteiger partial charge in [-0.1, -0.05) is 0 Å². The van der Waals surface area contributed by atoms with Gasteiger partial charge in [-0.2, -0.15) is 0 Å². The Balaban J connectivity index is 1.45. The Labute approximate surface area is 177 Å². The lowest BCUT2D eigenvalue weighted by Gasteiger charge is -2.24. The quantitative estimate of drug-likeness (QED) is 0.658. The molecule has 1 N–H and O–H groups in total. The van der Waals surface area contributed by atoms with Crippen LogP contribution in [0.2, 0.25) is 0 Å². The number of ether oxygens (including phenoxy) is 1. The average molecular weight is 432 g/mol. The van der Waals surface area contributed by atoms with Crippen LogP contribution in [0.4, 0.5) is 14.7 Å². The van der Waals surface area contributed by atoms with Crippen LogP contribution in [0.15, 0.2) is 36.7 Å². The van der Waals surface area contributed by atoms with Gasteiger partial charge in [0.05, 0.1) is 10.6 Å². The summed E-state index contributed by atoms with van der Waals surface area (Å²) in [5.74, 6) is -0.953. The van der Waals surface area contributed by atoms with Crippen molar-refractivity contribution in [1.82, 2.24) is 15.0 Å². The molecule has 1 aromatic carbocycles. The van der Waals surface area contributed by atoms with Gasteiger partial charge in [0.2, 0.25) is 5.95 Å². The van der Waals surface area contributed by atoms with E-state index in [0.29, 0.717) is 30.3 Å². The van der Waals surface area contributed by atoms with Crippen LogP contribution in [0.1, 0.15) is 34.8 Å². The molecule has 158 valence electrons. The van der Waals surface area contributed by atoms with E-state index >= 15 is 0 Å². The van der Waals surface area contributed by atoms with Crippen molar-refractivity contribution < 1.29 is 18.6 Å². The fraction of sp³-hybridized carbons (Fsp3) is 0.381. The van der Waals surface area contributed by atoms with Crippen molar-refractivity contribution in [3.05, 3.63) is 63.9 Å². The lowest BCUT2D eigenvalue weighted by atomic mass is 9.96. The predicted octanol–water partition coefficient (Wildman–Crippen LogP) is 3.98. The van der Waals surface area contributed by atoms with Crippen molar-refractivity contribution in [2.24, 2.45) is 0 Å². The van der Waals surface area contributed by atoms with E-state index in [1.807, 2.05) is 6.92 Å². The number of hydrogen-bond acceptors (Lipinski definition) is 7. The first kappa shape index (κ1) is 20.6. The van der Waals surface area contributed by atoms with Crippen molar-refractivity contribution in [1.29, 1.82) is 0 Å². The molecule has 1 fully saturated rings. The number of thiazole rings is 1. The number of aromatic nitrogens is 3. The first-order chi connectivity index (χ1) is 14.4. The normalized spacial score (nSPS) is 19.5. The lowest BCUT2D eigenvalue weighted by Crippen LogP contribution is -2.30. The number of aliphatic hydroxyl groups is 1. The Morgan fingerprint density at radius 1 is 1.17 bits per heavy atom. The molecule has 0 radical (unpaired) electrons. The monoisotopic (exact) mass is 432 g/mol. The Morgan fingerprint density at radius 3 is 2.73 bits per heavy atom. The summed E-state index contributed by atoms with van der Waals surface area (Å²) < 4.78 is 32.0. The number of nitrogens with zero attached hydrogens (tertiary/aromatic N) is 4. The van der Waals surface area contributed by atoms with Gasteiger partial charge in [0, 0.05) is 38.0 Å². The fourth-order valence-electron chi connectivity index (χ4n) is 3.46. The van der Waals surface area contributed by atoms with Crippen molar-refractivity contribution in [3.8, 4) is 5.75 Å². The van der Waals surface area contributed by atoms with Crippen LogP contribution >= 0.6 is 11.3 Å². The maximum absolute atomic E-state index is 13.4. The number of anilines is 1. The lowest BCUT2D eigenvalue weighted by molar-refractivity contribution is 0.0241. The van der Waals surface area contributed by atoms with Crippen LogP contribution in [-0.4, -0.2) is 33.1 Å². The van der Waals surface area contributed by atoms with Gasteiger partial charge in [0.1, 0.15) is 23.0 Å². The van der Waals surface area contributed by atoms with Gasteiger partial charge in [-0.3, -0.25) is 0 Å². The van der Waals surface area contributed by atoms with Crippen molar-refractivity contribution >= 4 is 17.3 Å². The molecule has 0 saturated carbocycles. The van der Waals surface area contributed by atoms with E-state index in [4.69, 9.17) is 4.74 Å². The molecule has 1 atom stereocenters. The van der Waals surface area contributed by atoms with E-state index in [0.717, 1.165) is 35.7 Å². The van der Waals surface area contributed by atoms with Crippen molar-refractivity contribution in [2.75, 3.05) is 18.0 Å². The zero-order valence-electron chi connectivity index (χ0n) is 16.5. The summed E-state index contributed by atoms with van der Waals surface area (Å²) >= 11 is 1.39. The van der Waals surface area contributed by atoms with Gasteiger partial charge in [0.15, 0.2) is 11.6 Å². The van der Waals surface area contributed by atoms with E-state index in [2.05, 4.69) is 19.9 Å². The molecule has 1 saturated heterocycles. The summed E-state index contributed by atoms with van der Waals surface area (Å²) in [6.45, 7) is 3.42. The minimum atomic E-state index is -1.03. The molecule has 0 amide bonds. The second kappa shape index (κ2) is 8.61. The molecule has 1 aliphatic heterocycles. The molecule has 3 heterocycles. The smallest absolute Gasteiger partial charge is 0.225 e. The molecule has 30 heavy (non-hydrogen) atoms. The average Bonchev–Trinajstić information content (AvgIpc) is 3.01. The van der Waals surface area contributed by atoms with E-state index < -0.39 is 17.2 Å². The topological polar surface area (TPSA) is 71.4 Å². The summed E-state index contributed by atoms with van der Waals surface area (Å²) in [6.07, 6.45) is 5.31. The third-order valence-corrected chi connectivity index (χ3v) is 6.52. The van der Waals surface area contributed by atoms with Gasteiger partial charge in [-0.15, -0.1) is 11.3 Å². The highest BCUT2D eigenvalue weighted by Crippen LogP contribution is 2.37. The van der Waals surface area contributed by atoms with Crippen LogP contribution < -0.4 is 9.64 Å². The third kappa shape index (κ3) is 4.41. The second-order valence-electron chi connectivity index (χ2n) is 7.31. The number of halogens is 2. The molecule has 0 unspecified atom stereocenters. The standard InChI is InChI=1S/C21H22F2N4O2S/c1-14-18(13-29-15-4-5-16(22)17(23)12-15)30-19(26-14)21(28)6-2-10-27(11-7-21)20-24-8-3-9-25-20/h3-5,8-9,12,28H,2,6-7,10-11,13H2,1H3/t21-/m0/s1. The van der Waals surface area contributed by atoms with Crippen LogP contribution in [0, 0.1) is 18.6 Å². The molecule has 0 bridgehead atoms. The van der Waals surface area contributed by atoms with E-state index in [9.17, 15) is 13.9 Å². The molecule has 4 rings (SSSR count). The maximum Gasteiger partial charge on any atom is 0.225 e. The Hall–Kier alpha value is -2.65. The highest BCUT2D eigenvalue weighted by atomic mass is 32.1. The molecular weight excluding hydrogens is 410 g/mol. The fourth-order valence-corrected chi connectivity index (χ4v) is 4.59. The highest BCUT2D eigenvalue weighted by Gasteiger charge is 2.36. The molecule has 6 nitrogen and oxygen atoms in total. The Bertz CT molecular complexity index is 1020. The molecule has 0 spiro atoms. The summed E-state index contributed by atoms with van der Waals surface area (Å²) in [4.78, 5) is 16.1. The first-order valence-electron chi connectivity index (χ1n) is 9.73. The molecule has 2 aromatic heterocycles. The first-order valence-corrected chi connectivity index (χ1v) is 10.6. The van der Waals surface area contributed by atoms with E-state index in [1.165, 1.54) is 17.4 Å². The Morgan fingerprint density at radius 2 is 1.97 bits per heavy atom. The summed E-state index contributed by atoms with van der Waals surface area (Å²) in [5, 5.41) is 12.0. The maximum atomic E-state index is 13.4. The third-order valence-electron chi connectivity index (χ3n) is 5.20. The largest absolute Gasteiger partial charge is 0.488 e. The zero-order chi connectivity index (χ0) is 21.1. The van der Waals surface area contributed by atoms with Gasteiger partial charge in [0.25, 0.3) is 0 Å². The predicted molar refractivity (Wildman–Crippen MR) is 110 cm³/mol. The van der Waals surface area contributed by atoms with Crippen LogP contribution in [0.3, 0.4) is 0 Å². The van der Waals surface area contributed by atoms with Gasteiger partial charge >= 0.3 is 0 Å². The number of rotatable bonds is 5. The minimum Gasteiger partial charge on any atom is -0.488 e. The Kier molecular flexibility index (Phi) is 5.92. The minimum absolute atomic E-state index is 0.175. The summed E-state index contributed by atoms with van der Waals surface area (Å²) in [6, 6.07) is 5.21. The van der Waals surface area contributed by atoms with Crippen molar-refractivity contribution in [3.63, 3.8) is 0 Å². The van der Waals surface area contributed by atoms with E-state index in [-0.39, 0.29) is 12.4 Å². The summed E-state index contributed by atoms with van der Waals surface area (Å²) in [5.41, 5.74) is -0.266. The summed E-state index contributed by atoms with van der Waals surface area (Å²) in [7, 11) is 0. The molecule has 1 aliphatic rings. The zero-order valence-corrected chi connectivity index (χ0v) is 17.3. The van der Waals surface area contributed by atoms with E-state index in [1.54, 1.807) is 18.5 Å². The molecule has 0 aliphatic carbocycles. The van der Waals surface area contributed by atoms with Crippen molar-refractivity contribution in [2.45, 2.75) is 38.4 Å². The number of hydrogen-bond donors (Lipinski definition) is 1. The van der Waals surface area contributed by atoms with Crippen LogP contribution in [-0.2, 0) is 12.2 Å². The molecular formula is C21H22F2N4O2S. The second-order valence-corrected chi connectivity index (χ2v) is 8.40. The van der Waals surface area contributed by atoms with Gasteiger partial charge in [-0.05, 0) is 38.0 Å². The SMILES string of the molecule is Cc1nc([C@]2(O)CCCN(c3ncccn3)CC2)sc1COc1ccc(F)c(F)c1. The number of benzene rings is 1. The van der Waals surface area contributed by atoms with Crippen LogP contribution in [0.5, 0.6) is 5.75 Å². The van der Waals surface area contributed by atoms with Gasteiger partial charge in [-0.25, -0.2) is 23.7 Å². The van der Waals surface area contributed by atoms with Crippen LogP contribution in [0.25, 0.3) is 0 Å². The molecule has 3 aromatic rings. The van der Waals surface area contributed by atoms with Gasteiger partial charge < -0.3 is 14.7 Å². The molecule has 9 heteroatoms. The number of aryl methyl sites for hydroxylation is 1. The highest BCUT2D eigenvalue weighted by molar-refractivity contribution is 7.11.